The van der Waals surface area contributed by atoms with Gasteiger partial charge in [0.2, 0.25) is 11.8 Å². The van der Waals surface area contributed by atoms with E-state index in [4.69, 9.17) is 4.74 Å². The average molecular weight is 426 g/mol. The van der Waals surface area contributed by atoms with Gasteiger partial charge in [0.1, 0.15) is 11.9 Å². The highest BCUT2D eigenvalue weighted by molar-refractivity contribution is 5.86. The molecule has 1 unspecified atom stereocenters. The van der Waals surface area contributed by atoms with Gasteiger partial charge < -0.3 is 15.0 Å². The number of carbonyl (C=O) groups excluding carboxylic acids is 3. The molecule has 2 atom stereocenters. The highest BCUT2D eigenvalue weighted by atomic mass is 19.2. The summed E-state index contributed by atoms with van der Waals surface area (Å²) in [6.07, 6.45) is 2.94. The molecular weight excluding hydrogens is 401 g/mol. The largest absolute Gasteiger partial charge is 0.464 e. The van der Waals surface area contributed by atoms with Gasteiger partial charge in [0, 0.05) is 37.1 Å². The molecule has 6 nitrogen and oxygen atoms in total. The molecular formula is C21H25F3N2O4. The van der Waals surface area contributed by atoms with Crippen LogP contribution in [0.2, 0.25) is 0 Å². The molecule has 2 fully saturated rings. The zero-order valence-electron chi connectivity index (χ0n) is 16.8. The van der Waals surface area contributed by atoms with E-state index in [2.05, 4.69) is 5.32 Å². The maximum atomic E-state index is 14.0. The number of halogens is 3. The van der Waals surface area contributed by atoms with Crippen LogP contribution < -0.4 is 5.32 Å². The number of amides is 2. The number of nitrogens with zero attached hydrogens (tertiary/aromatic N) is 1. The van der Waals surface area contributed by atoms with Crippen molar-refractivity contribution in [2.45, 2.75) is 64.1 Å². The van der Waals surface area contributed by atoms with E-state index < -0.39 is 41.4 Å². The number of esters is 1. The normalized spacial score (nSPS) is 19.7. The monoisotopic (exact) mass is 426 g/mol. The van der Waals surface area contributed by atoms with Gasteiger partial charge in [-0.25, -0.2) is 18.0 Å². The van der Waals surface area contributed by atoms with E-state index in [0.717, 1.165) is 18.9 Å². The van der Waals surface area contributed by atoms with Crippen molar-refractivity contribution in [1.82, 2.24) is 10.2 Å². The van der Waals surface area contributed by atoms with Crippen LogP contribution >= 0.6 is 0 Å². The van der Waals surface area contributed by atoms with Crippen LogP contribution in [0.5, 0.6) is 0 Å². The Labute approximate surface area is 172 Å². The third kappa shape index (κ3) is 5.52. The van der Waals surface area contributed by atoms with Crippen LogP contribution in [0.1, 0.15) is 51.0 Å². The van der Waals surface area contributed by atoms with Gasteiger partial charge in [0.15, 0.2) is 11.6 Å². The number of carbonyl (C=O) groups is 3. The van der Waals surface area contributed by atoms with Crippen LogP contribution in [0.15, 0.2) is 12.1 Å². The Kier molecular flexibility index (Phi) is 6.99. The second-order valence-electron chi connectivity index (χ2n) is 7.83. The summed E-state index contributed by atoms with van der Waals surface area (Å²) in [7, 11) is 0. The van der Waals surface area contributed by atoms with Crippen LogP contribution in [0.4, 0.5) is 13.2 Å². The minimum absolute atomic E-state index is 0.0915. The van der Waals surface area contributed by atoms with Gasteiger partial charge in [0.05, 0.1) is 6.61 Å². The van der Waals surface area contributed by atoms with Gasteiger partial charge in [-0.3, -0.25) is 9.59 Å². The molecule has 1 aromatic rings. The minimum Gasteiger partial charge on any atom is -0.464 e. The minimum atomic E-state index is -1.33. The standard InChI is InChI=1S/C21H25F3N2O4/c1-2-30-21(29)17(7-12-3-4-12)25-18(27)10-15-5-6-19(28)26(15)11-13-8-14(22)9-16(23)20(13)24/h8-9,12,15,17H,2-7,10-11H2,1H3,(H,25,27)/t15-,17?/m0/s1. The maximum absolute atomic E-state index is 14.0. The molecule has 1 heterocycles. The highest BCUT2D eigenvalue weighted by Crippen LogP contribution is 2.34. The fraction of sp³-hybridized carbons (Fsp3) is 0.571. The smallest absolute Gasteiger partial charge is 0.328 e. The van der Waals surface area contributed by atoms with Crippen molar-refractivity contribution in [3.8, 4) is 0 Å². The predicted octanol–water partition coefficient (Wildman–Crippen LogP) is 2.83. The molecule has 0 aromatic heterocycles. The molecule has 1 aliphatic carbocycles. The Morgan fingerprint density at radius 2 is 1.97 bits per heavy atom. The van der Waals surface area contributed by atoms with E-state index in [1.165, 1.54) is 4.90 Å². The van der Waals surface area contributed by atoms with E-state index in [0.29, 0.717) is 24.8 Å². The second-order valence-corrected chi connectivity index (χ2v) is 7.83. The summed E-state index contributed by atoms with van der Waals surface area (Å²) in [4.78, 5) is 38.2. The first kappa shape index (κ1) is 22.1. The van der Waals surface area contributed by atoms with Crippen LogP contribution in [0.3, 0.4) is 0 Å². The highest BCUT2D eigenvalue weighted by Gasteiger charge is 2.35. The Bertz CT molecular complexity index is 829. The van der Waals surface area contributed by atoms with Gasteiger partial charge >= 0.3 is 5.97 Å². The Balaban J connectivity index is 1.64. The Hall–Kier alpha value is -2.58. The third-order valence-electron chi connectivity index (χ3n) is 5.45. The molecule has 0 bridgehead atoms. The molecule has 3 rings (SSSR count). The number of hydrogen-bond acceptors (Lipinski definition) is 4. The van der Waals surface area contributed by atoms with Crippen molar-refractivity contribution in [3.05, 3.63) is 35.1 Å². The molecule has 1 saturated carbocycles. The summed E-state index contributed by atoms with van der Waals surface area (Å²) < 4.78 is 46.0. The summed E-state index contributed by atoms with van der Waals surface area (Å²) in [6, 6.07) is -0.0179. The first-order chi connectivity index (χ1) is 14.3. The molecule has 0 radical (unpaired) electrons. The van der Waals surface area contributed by atoms with Crippen LogP contribution in [0, 0.1) is 23.4 Å². The average Bonchev–Trinajstić information content (AvgIpc) is 3.44. The summed E-state index contributed by atoms with van der Waals surface area (Å²) in [6.45, 7) is 1.56. The van der Waals surface area contributed by atoms with E-state index in [-0.39, 0.29) is 37.5 Å². The molecule has 2 aliphatic rings. The number of nitrogens with one attached hydrogen (secondary N) is 1. The summed E-state index contributed by atoms with van der Waals surface area (Å²) in [5.74, 6) is -4.35. The van der Waals surface area contributed by atoms with Crippen molar-refractivity contribution in [1.29, 1.82) is 0 Å². The first-order valence-corrected chi connectivity index (χ1v) is 10.2. The Morgan fingerprint density at radius 3 is 2.63 bits per heavy atom. The van der Waals surface area contributed by atoms with Crippen molar-refractivity contribution in [2.24, 2.45) is 5.92 Å². The van der Waals surface area contributed by atoms with Gasteiger partial charge in [-0.2, -0.15) is 0 Å². The molecule has 2 amide bonds. The lowest BCUT2D eigenvalue weighted by atomic mass is 10.1. The molecule has 9 heteroatoms. The van der Waals surface area contributed by atoms with Crippen LogP contribution in [-0.4, -0.2) is 41.4 Å². The summed E-state index contributed by atoms with van der Waals surface area (Å²) in [5.41, 5.74) is -0.286. The predicted molar refractivity (Wildman–Crippen MR) is 100 cm³/mol. The van der Waals surface area contributed by atoms with Gasteiger partial charge in [-0.15, -0.1) is 0 Å². The van der Waals surface area contributed by atoms with Crippen LogP contribution in [-0.2, 0) is 25.7 Å². The third-order valence-corrected chi connectivity index (χ3v) is 5.45. The zero-order valence-corrected chi connectivity index (χ0v) is 16.8. The second kappa shape index (κ2) is 9.49. The van der Waals surface area contributed by atoms with E-state index in [1.807, 2.05) is 0 Å². The van der Waals surface area contributed by atoms with Gasteiger partial charge in [0.25, 0.3) is 0 Å². The molecule has 30 heavy (non-hydrogen) atoms. The van der Waals surface area contributed by atoms with E-state index in [1.54, 1.807) is 6.92 Å². The fourth-order valence-corrected chi connectivity index (χ4v) is 3.74. The molecule has 0 spiro atoms. The zero-order chi connectivity index (χ0) is 21.8. The van der Waals surface area contributed by atoms with Gasteiger partial charge in [-0.05, 0) is 31.7 Å². The Morgan fingerprint density at radius 1 is 1.23 bits per heavy atom. The van der Waals surface area contributed by atoms with Crippen LogP contribution in [0.25, 0.3) is 0 Å². The lowest BCUT2D eigenvalue weighted by molar-refractivity contribution is -0.148. The summed E-state index contributed by atoms with van der Waals surface area (Å²) >= 11 is 0. The molecule has 1 N–H and O–H groups in total. The van der Waals surface area contributed by atoms with Gasteiger partial charge in [-0.1, -0.05) is 12.8 Å². The molecule has 1 aliphatic heterocycles. The van der Waals surface area contributed by atoms with E-state index in [9.17, 15) is 27.6 Å². The number of benzene rings is 1. The molecule has 1 saturated heterocycles. The lowest BCUT2D eigenvalue weighted by Gasteiger charge is -2.26. The lowest BCUT2D eigenvalue weighted by Crippen LogP contribution is -2.44. The number of rotatable bonds is 9. The van der Waals surface area contributed by atoms with Crippen molar-refractivity contribution in [2.75, 3.05) is 6.61 Å². The van der Waals surface area contributed by atoms with E-state index >= 15 is 0 Å². The number of likely N-dealkylation sites (tertiary alicyclic amines) is 1. The van der Waals surface area contributed by atoms with Crippen molar-refractivity contribution < 1.29 is 32.3 Å². The SMILES string of the molecule is CCOC(=O)C(CC1CC1)NC(=O)C[C@@H]1CCC(=O)N1Cc1cc(F)cc(F)c1F. The number of ether oxygens (including phenoxy) is 1. The summed E-state index contributed by atoms with van der Waals surface area (Å²) in [5, 5.41) is 2.68. The molecule has 164 valence electrons. The topological polar surface area (TPSA) is 75.7 Å². The van der Waals surface area contributed by atoms with Crippen molar-refractivity contribution >= 4 is 17.8 Å². The van der Waals surface area contributed by atoms with Crippen molar-refractivity contribution in [3.63, 3.8) is 0 Å². The maximum Gasteiger partial charge on any atom is 0.328 e. The first-order valence-electron chi connectivity index (χ1n) is 10.2. The fourth-order valence-electron chi connectivity index (χ4n) is 3.74. The number of hydrogen-bond donors (Lipinski definition) is 1. The quantitative estimate of drug-likeness (QED) is 0.487. The molecule has 1 aromatic carbocycles.